The highest BCUT2D eigenvalue weighted by Gasteiger charge is 2.24. The van der Waals surface area contributed by atoms with Crippen molar-refractivity contribution in [3.05, 3.63) is 57.2 Å². The first-order valence-corrected chi connectivity index (χ1v) is 6.95. The van der Waals surface area contributed by atoms with E-state index in [2.05, 4.69) is 16.2 Å². The summed E-state index contributed by atoms with van der Waals surface area (Å²) in [6.45, 7) is 0. The van der Waals surface area contributed by atoms with Crippen molar-refractivity contribution in [3.8, 4) is 6.07 Å². The number of nitriles is 1. The van der Waals surface area contributed by atoms with Gasteiger partial charge < -0.3 is 4.57 Å². The fourth-order valence-corrected chi connectivity index (χ4v) is 2.69. The normalized spacial score (nSPS) is 12.3. The number of imidazole rings is 1. The van der Waals surface area contributed by atoms with Gasteiger partial charge in [-0.2, -0.15) is 10.4 Å². The van der Waals surface area contributed by atoms with Crippen LogP contribution in [0.4, 0.5) is 0 Å². The van der Waals surface area contributed by atoms with Crippen LogP contribution in [0, 0.1) is 11.3 Å². The number of hydrogen-bond donors (Lipinski definition) is 0. The van der Waals surface area contributed by atoms with E-state index in [4.69, 9.17) is 11.6 Å². The minimum absolute atomic E-state index is 0.00361. The molecule has 7 heteroatoms. The van der Waals surface area contributed by atoms with Crippen LogP contribution < -0.4 is 5.56 Å². The minimum Gasteiger partial charge on any atom is -0.330 e. The summed E-state index contributed by atoms with van der Waals surface area (Å²) in [5, 5.41) is 13.5. The van der Waals surface area contributed by atoms with Crippen molar-refractivity contribution in [2.45, 2.75) is 5.92 Å². The molecule has 0 spiro atoms. The van der Waals surface area contributed by atoms with Gasteiger partial charge in [0.1, 0.15) is 16.8 Å². The summed E-state index contributed by atoms with van der Waals surface area (Å²) in [6, 6.07) is 9.75. The third-order valence-electron chi connectivity index (χ3n) is 3.63. The Balaban J connectivity index is 2.24. The SMILES string of the molecule is Cn1ncc(C(C#N)c2nc3ccccc3n2C)c(Cl)c1=O. The lowest BCUT2D eigenvalue weighted by Gasteiger charge is -2.11. The fraction of sp³-hybridized carbons (Fsp3) is 0.200. The molecule has 1 atom stereocenters. The number of aromatic nitrogens is 4. The zero-order valence-electron chi connectivity index (χ0n) is 12.0. The van der Waals surface area contributed by atoms with E-state index in [1.807, 2.05) is 35.9 Å². The molecule has 3 rings (SSSR count). The van der Waals surface area contributed by atoms with Crippen molar-refractivity contribution in [3.63, 3.8) is 0 Å². The Kier molecular flexibility index (Phi) is 3.43. The zero-order chi connectivity index (χ0) is 15.9. The summed E-state index contributed by atoms with van der Waals surface area (Å²) in [6.07, 6.45) is 1.44. The Morgan fingerprint density at radius 2 is 2.05 bits per heavy atom. The molecule has 1 aromatic carbocycles. The monoisotopic (exact) mass is 313 g/mol. The molecule has 0 bridgehead atoms. The van der Waals surface area contributed by atoms with E-state index in [1.54, 1.807) is 0 Å². The molecule has 0 aliphatic rings. The maximum atomic E-state index is 11.9. The molecule has 3 aromatic rings. The lowest BCUT2D eigenvalue weighted by atomic mass is 10.0. The standard InChI is InChI=1S/C15H12ClN5O/c1-20-12-6-4-3-5-11(12)19-14(20)9(7-17)10-8-18-21(2)15(22)13(10)16/h3-6,8-9H,1-2H3. The molecular formula is C15H12ClN5O. The lowest BCUT2D eigenvalue weighted by molar-refractivity contribution is 0.692. The fourth-order valence-electron chi connectivity index (χ4n) is 2.41. The van der Waals surface area contributed by atoms with Gasteiger partial charge in [0.15, 0.2) is 0 Å². The summed E-state index contributed by atoms with van der Waals surface area (Å²) in [5.41, 5.74) is 1.63. The molecule has 6 nitrogen and oxygen atoms in total. The molecule has 0 fully saturated rings. The maximum absolute atomic E-state index is 11.9. The first kappa shape index (κ1) is 14.3. The molecule has 0 saturated carbocycles. The van der Waals surface area contributed by atoms with Crippen LogP contribution in [-0.2, 0) is 14.1 Å². The molecule has 0 amide bonds. The molecule has 110 valence electrons. The van der Waals surface area contributed by atoms with Crippen LogP contribution in [0.25, 0.3) is 11.0 Å². The van der Waals surface area contributed by atoms with Crippen LogP contribution in [0.2, 0.25) is 5.02 Å². The van der Waals surface area contributed by atoms with Gasteiger partial charge in [-0.15, -0.1) is 0 Å². The second kappa shape index (κ2) is 5.28. The number of halogens is 1. The minimum atomic E-state index is -0.758. The van der Waals surface area contributed by atoms with Gasteiger partial charge in [0.2, 0.25) is 0 Å². The maximum Gasteiger partial charge on any atom is 0.285 e. The van der Waals surface area contributed by atoms with Crippen molar-refractivity contribution in [2.24, 2.45) is 14.1 Å². The zero-order valence-corrected chi connectivity index (χ0v) is 12.7. The van der Waals surface area contributed by atoms with Gasteiger partial charge in [-0.3, -0.25) is 4.79 Å². The van der Waals surface area contributed by atoms with Gasteiger partial charge in [0.25, 0.3) is 5.56 Å². The predicted molar refractivity (Wildman–Crippen MR) is 82.7 cm³/mol. The van der Waals surface area contributed by atoms with Gasteiger partial charge in [0, 0.05) is 19.7 Å². The molecule has 1 unspecified atom stereocenters. The quantitative estimate of drug-likeness (QED) is 0.725. The van der Waals surface area contributed by atoms with Crippen molar-refractivity contribution < 1.29 is 0 Å². The van der Waals surface area contributed by atoms with Crippen molar-refractivity contribution in [1.29, 1.82) is 5.26 Å². The second-order valence-corrected chi connectivity index (χ2v) is 5.30. The van der Waals surface area contributed by atoms with E-state index in [-0.39, 0.29) is 5.02 Å². The Morgan fingerprint density at radius 1 is 1.32 bits per heavy atom. The third-order valence-corrected chi connectivity index (χ3v) is 4.01. The van der Waals surface area contributed by atoms with E-state index in [0.717, 1.165) is 15.7 Å². The molecule has 0 radical (unpaired) electrons. The summed E-state index contributed by atoms with van der Waals surface area (Å²) in [4.78, 5) is 16.4. The Labute approximate surface area is 131 Å². The summed E-state index contributed by atoms with van der Waals surface area (Å²) < 4.78 is 2.96. The first-order chi connectivity index (χ1) is 10.5. The second-order valence-electron chi connectivity index (χ2n) is 4.92. The summed E-state index contributed by atoms with van der Waals surface area (Å²) in [7, 11) is 3.34. The van der Waals surface area contributed by atoms with Crippen molar-refractivity contribution in [1.82, 2.24) is 19.3 Å². The van der Waals surface area contributed by atoms with Crippen LogP contribution in [0.5, 0.6) is 0 Å². The highest BCUT2D eigenvalue weighted by Crippen LogP contribution is 2.28. The molecule has 2 aromatic heterocycles. The molecule has 0 saturated heterocycles. The molecule has 0 aliphatic carbocycles. The van der Waals surface area contributed by atoms with Gasteiger partial charge in [-0.05, 0) is 12.1 Å². The Hall–Kier alpha value is -2.65. The highest BCUT2D eigenvalue weighted by molar-refractivity contribution is 6.31. The van der Waals surface area contributed by atoms with Gasteiger partial charge in [-0.1, -0.05) is 23.7 Å². The number of benzene rings is 1. The van der Waals surface area contributed by atoms with E-state index < -0.39 is 11.5 Å². The number of hydrogen-bond acceptors (Lipinski definition) is 4. The number of fused-ring (bicyclic) bond motifs is 1. The van der Waals surface area contributed by atoms with E-state index in [1.165, 1.54) is 13.2 Å². The average Bonchev–Trinajstić information content (AvgIpc) is 2.85. The van der Waals surface area contributed by atoms with Crippen LogP contribution >= 0.6 is 11.6 Å². The largest absolute Gasteiger partial charge is 0.330 e. The number of nitrogens with zero attached hydrogens (tertiary/aromatic N) is 5. The average molecular weight is 314 g/mol. The summed E-state index contributed by atoms with van der Waals surface area (Å²) in [5.74, 6) is -0.230. The van der Waals surface area contributed by atoms with Crippen LogP contribution in [-0.4, -0.2) is 19.3 Å². The van der Waals surface area contributed by atoms with Gasteiger partial charge >= 0.3 is 0 Å². The van der Waals surface area contributed by atoms with Crippen LogP contribution in [0.1, 0.15) is 17.3 Å². The molecule has 0 N–H and O–H groups in total. The van der Waals surface area contributed by atoms with Crippen LogP contribution in [0.15, 0.2) is 35.3 Å². The van der Waals surface area contributed by atoms with E-state index in [9.17, 15) is 10.1 Å². The van der Waals surface area contributed by atoms with Crippen molar-refractivity contribution in [2.75, 3.05) is 0 Å². The third kappa shape index (κ3) is 2.07. The molecule has 2 heterocycles. The van der Waals surface area contributed by atoms with E-state index >= 15 is 0 Å². The van der Waals surface area contributed by atoms with Crippen LogP contribution in [0.3, 0.4) is 0 Å². The first-order valence-electron chi connectivity index (χ1n) is 6.57. The van der Waals surface area contributed by atoms with Gasteiger partial charge in [0.05, 0.1) is 23.3 Å². The molecular weight excluding hydrogens is 302 g/mol. The van der Waals surface area contributed by atoms with E-state index in [0.29, 0.717) is 11.4 Å². The Bertz CT molecular complexity index is 966. The van der Waals surface area contributed by atoms with Crippen molar-refractivity contribution >= 4 is 22.6 Å². The smallest absolute Gasteiger partial charge is 0.285 e. The molecule has 22 heavy (non-hydrogen) atoms. The summed E-state index contributed by atoms with van der Waals surface area (Å²) >= 11 is 6.11. The molecule has 0 aliphatic heterocycles. The highest BCUT2D eigenvalue weighted by atomic mass is 35.5. The predicted octanol–water partition coefficient (Wildman–Crippen LogP) is 1.98. The Morgan fingerprint density at radius 3 is 2.73 bits per heavy atom. The number of para-hydroxylation sites is 2. The number of aryl methyl sites for hydroxylation is 2. The lowest BCUT2D eigenvalue weighted by Crippen LogP contribution is -2.22. The number of rotatable bonds is 2. The van der Waals surface area contributed by atoms with Gasteiger partial charge in [-0.25, -0.2) is 9.67 Å². The topological polar surface area (TPSA) is 76.5 Å².